The van der Waals surface area contributed by atoms with Crippen molar-refractivity contribution < 1.29 is 0 Å². The fourth-order valence-electron chi connectivity index (χ4n) is 0.342. The molecule has 8 heavy (non-hydrogen) atoms. The number of hydrogen-bond donors (Lipinski definition) is 0. The fourth-order valence-corrected chi connectivity index (χ4v) is 1.52. The maximum absolute atomic E-state index is 4.20. The van der Waals surface area contributed by atoms with Crippen LogP contribution in [0.15, 0.2) is 4.99 Å². The van der Waals surface area contributed by atoms with E-state index < -0.39 is 0 Å². The number of nitrogens with zero attached hydrogens (tertiary/aromatic N) is 1. The molecule has 0 bridgehead atoms. The van der Waals surface area contributed by atoms with E-state index in [0.29, 0.717) is 0 Å². The Morgan fingerprint density at radius 1 is 1.38 bits per heavy atom. The summed E-state index contributed by atoms with van der Waals surface area (Å²) >= 11 is 3.41. The molecule has 0 aromatic rings. The molecule has 0 aliphatic rings. The molecule has 0 unspecified atom stereocenters. The average molecular weight is 149 g/mol. The maximum atomic E-state index is 4.20. The minimum absolute atomic E-state index is 0.900. The Labute approximate surface area is 59.3 Å². The topological polar surface area (TPSA) is 12.4 Å². The molecule has 0 heterocycles. The van der Waals surface area contributed by atoms with Crippen LogP contribution in [0.3, 0.4) is 0 Å². The molecule has 3 heteroatoms. The van der Waals surface area contributed by atoms with Crippen molar-refractivity contribution in [3.63, 3.8) is 0 Å². The minimum Gasteiger partial charge on any atom is -0.272 e. The molecule has 0 fully saturated rings. The van der Waals surface area contributed by atoms with Gasteiger partial charge in [-0.25, -0.2) is 0 Å². The van der Waals surface area contributed by atoms with Crippen molar-refractivity contribution in [3.8, 4) is 0 Å². The number of thioether (sulfide) groups is 2. The van der Waals surface area contributed by atoms with Crippen LogP contribution in [0.25, 0.3) is 0 Å². The van der Waals surface area contributed by atoms with Gasteiger partial charge in [0.05, 0.1) is 0 Å². The van der Waals surface area contributed by atoms with Crippen molar-refractivity contribution >= 4 is 27.9 Å². The van der Waals surface area contributed by atoms with Crippen LogP contribution in [-0.4, -0.2) is 23.4 Å². The van der Waals surface area contributed by atoms with Gasteiger partial charge in [-0.2, -0.15) is 0 Å². The molecule has 1 nitrogen and oxygen atoms in total. The zero-order valence-corrected chi connectivity index (χ0v) is 7.10. The van der Waals surface area contributed by atoms with Crippen molar-refractivity contribution in [1.29, 1.82) is 0 Å². The highest BCUT2D eigenvalue weighted by atomic mass is 32.2. The zero-order chi connectivity index (χ0) is 6.41. The van der Waals surface area contributed by atoms with Gasteiger partial charge >= 0.3 is 0 Å². The maximum Gasteiger partial charge on any atom is 0.124 e. The third-order valence-electron chi connectivity index (χ3n) is 0.636. The summed E-state index contributed by atoms with van der Waals surface area (Å²) in [4.78, 5) is 4.20. The largest absolute Gasteiger partial charge is 0.272 e. The van der Waals surface area contributed by atoms with Crippen LogP contribution in [-0.2, 0) is 0 Å². The molecule has 0 amide bonds. The second-order valence-electron chi connectivity index (χ2n) is 1.15. The average Bonchev–Trinajstić information content (AvgIpc) is 1.83. The summed E-state index contributed by atoms with van der Waals surface area (Å²) in [7, 11) is 0. The zero-order valence-electron chi connectivity index (χ0n) is 5.47. The van der Waals surface area contributed by atoms with Crippen molar-refractivity contribution in [2.45, 2.75) is 6.92 Å². The molecule has 0 aliphatic heterocycles. The first kappa shape index (κ1) is 8.37. The second-order valence-corrected chi connectivity index (χ2v) is 3.00. The molecule has 0 radical (unpaired) electrons. The molecular formula is C5H11NS2. The lowest BCUT2D eigenvalue weighted by Crippen LogP contribution is -1.82. The smallest absolute Gasteiger partial charge is 0.124 e. The van der Waals surface area contributed by atoms with Gasteiger partial charge in [-0.05, 0) is 19.4 Å². The van der Waals surface area contributed by atoms with E-state index in [1.807, 2.05) is 19.4 Å². The minimum atomic E-state index is 0.900. The summed E-state index contributed by atoms with van der Waals surface area (Å²) in [6.45, 7) is 2.95. The lowest BCUT2D eigenvalue weighted by molar-refractivity contribution is 1.14. The van der Waals surface area contributed by atoms with Crippen molar-refractivity contribution in [3.05, 3.63) is 0 Å². The van der Waals surface area contributed by atoms with Crippen LogP contribution < -0.4 is 0 Å². The van der Waals surface area contributed by atoms with Gasteiger partial charge in [0.2, 0.25) is 0 Å². The van der Waals surface area contributed by atoms with Crippen LogP contribution in [0, 0.1) is 0 Å². The van der Waals surface area contributed by atoms with E-state index in [4.69, 9.17) is 0 Å². The van der Waals surface area contributed by atoms with Crippen LogP contribution >= 0.6 is 23.5 Å². The first-order valence-corrected chi connectivity index (χ1v) is 4.92. The van der Waals surface area contributed by atoms with Gasteiger partial charge in [0.15, 0.2) is 0 Å². The summed E-state index contributed by atoms with van der Waals surface area (Å²) in [5.74, 6) is 0. The van der Waals surface area contributed by atoms with E-state index in [2.05, 4.69) is 4.99 Å². The molecule has 0 atom stereocenters. The number of rotatable bonds is 1. The molecule has 0 saturated carbocycles. The summed E-state index contributed by atoms with van der Waals surface area (Å²) < 4.78 is 1.17. The van der Waals surface area contributed by atoms with Gasteiger partial charge in [0.25, 0.3) is 0 Å². The summed E-state index contributed by atoms with van der Waals surface area (Å²) in [5, 5.41) is 0. The van der Waals surface area contributed by atoms with E-state index in [1.54, 1.807) is 23.5 Å². The normalized spacial score (nSPS) is 8.88. The fraction of sp³-hybridized carbons (Fsp3) is 0.800. The number of hydrogen-bond acceptors (Lipinski definition) is 3. The Bertz CT molecular complexity index is 74.5. The van der Waals surface area contributed by atoms with Gasteiger partial charge < -0.3 is 0 Å². The Morgan fingerprint density at radius 2 is 1.88 bits per heavy atom. The van der Waals surface area contributed by atoms with E-state index >= 15 is 0 Å². The first-order chi connectivity index (χ1) is 3.85. The van der Waals surface area contributed by atoms with Gasteiger partial charge in [-0.1, -0.05) is 0 Å². The summed E-state index contributed by atoms with van der Waals surface area (Å²) in [5.41, 5.74) is 0. The Morgan fingerprint density at radius 3 is 2.00 bits per heavy atom. The van der Waals surface area contributed by atoms with Gasteiger partial charge in [0, 0.05) is 6.54 Å². The van der Waals surface area contributed by atoms with Crippen LogP contribution in [0.2, 0.25) is 0 Å². The highest BCUT2D eigenvalue weighted by Gasteiger charge is 1.87. The monoisotopic (exact) mass is 149 g/mol. The molecule has 0 aromatic carbocycles. The first-order valence-electron chi connectivity index (χ1n) is 2.47. The molecule has 0 N–H and O–H groups in total. The lowest BCUT2D eigenvalue weighted by Gasteiger charge is -1.93. The summed E-state index contributed by atoms with van der Waals surface area (Å²) in [6, 6.07) is 0. The van der Waals surface area contributed by atoms with Crippen LogP contribution in [0.1, 0.15) is 6.92 Å². The van der Waals surface area contributed by atoms with E-state index in [-0.39, 0.29) is 0 Å². The highest BCUT2D eigenvalue weighted by molar-refractivity contribution is 8.38. The quantitative estimate of drug-likeness (QED) is 0.418. The molecule has 48 valence electrons. The van der Waals surface area contributed by atoms with Gasteiger partial charge in [-0.15, -0.1) is 23.5 Å². The van der Waals surface area contributed by atoms with Crippen molar-refractivity contribution in [2.75, 3.05) is 19.1 Å². The third kappa shape index (κ3) is 3.38. The third-order valence-corrected chi connectivity index (χ3v) is 2.59. The number of aliphatic imine (C=N–C) groups is 1. The molecular weight excluding hydrogens is 138 g/mol. The lowest BCUT2D eigenvalue weighted by atomic mass is 10.8. The molecule has 0 saturated heterocycles. The standard InChI is InChI=1S/C5H11NS2/c1-4-6-5(7-2)8-3/h4H2,1-3H3. The van der Waals surface area contributed by atoms with Crippen molar-refractivity contribution in [2.24, 2.45) is 4.99 Å². The van der Waals surface area contributed by atoms with Crippen LogP contribution in [0.5, 0.6) is 0 Å². The van der Waals surface area contributed by atoms with Crippen LogP contribution in [0.4, 0.5) is 0 Å². The predicted octanol–water partition coefficient (Wildman–Crippen LogP) is 2.09. The van der Waals surface area contributed by atoms with Crippen molar-refractivity contribution in [1.82, 2.24) is 0 Å². The Kier molecular flexibility index (Phi) is 5.76. The molecule has 0 aromatic heterocycles. The molecule has 0 spiro atoms. The van der Waals surface area contributed by atoms with E-state index in [0.717, 1.165) is 6.54 Å². The van der Waals surface area contributed by atoms with Gasteiger partial charge in [-0.3, -0.25) is 4.99 Å². The highest BCUT2D eigenvalue weighted by Crippen LogP contribution is 2.09. The van der Waals surface area contributed by atoms with E-state index in [1.165, 1.54) is 4.38 Å². The SMILES string of the molecule is CCN=C(SC)SC. The molecule has 0 aliphatic carbocycles. The summed E-state index contributed by atoms with van der Waals surface area (Å²) in [6.07, 6.45) is 4.09. The second kappa shape index (κ2) is 5.51. The Hall–Kier alpha value is 0.370. The molecule has 0 rings (SSSR count). The Balaban J connectivity index is 3.49. The predicted molar refractivity (Wildman–Crippen MR) is 45.0 cm³/mol. The van der Waals surface area contributed by atoms with Gasteiger partial charge in [0.1, 0.15) is 4.38 Å². The van der Waals surface area contributed by atoms with E-state index in [9.17, 15) is 0 Å².